The Morgan fingerprint density at radius 3 is 3.11 bits per heavy atom. The molecule has 0 spiro atoms. The van der Waals surface area contributed by atoms with Crippen LogP contribution in [0, 0.1) is 10.1 Å². The molecule has 0 bridgehead atoms. The first-order chi connectivity index (χ1) is 9.22. The third-order valence-electron chi connectivity index (χ3n) is 2.33. The van der Waals surface area contributed by atoms with Crippen LogP contribution < -0.4 is 0 Å². The fourth-order valence-electron chi connectivity index (χ4n) is 1.51. The zero-order valence-corrected chi connectivity index (χ0v) is 10.3. The number of thiophene rings is 1. The molecule has 0 radical (unpaired) electrons. The van der Waals surface area contributed by atoms with Crippen LogP contribution in [0.4, 0.5) is 5.82 Å². The van der Waals surface area contributed by atoms with Gasteiger partial charge < -0.3 is 19.2 Å². The van der Waals surface area contributed by atoms with Crippen molar-refractivity contribution in [3.63, 3.8) is 0 Å². The van der Waals surface area contributed by atoms with E-state index in [1.807, 2.05) is 17.5 Å². The molecule has 0 amide bonds. The van der Waals surface area contributed by atoms with Gasteiger partial charge in [-0.25, -0.2) is 0 Å². The summed E-state index contributed by atoms with van der Waals surface area (Å²) in [6.07, 6.45) is 2.67. The molecule has 0 unspecified atom stereocenters. The molecule has 3 aromatic rings. The molecule has 19 heavy (non-hydrogen) atoms. The van der Waals surface area contributed by atoms with Gasteiger partial charge in [0, 0.05) is 0 Å². The van der Waals surface area contributed by atoms with Gasteiger partial charge in [0.05, 0.1) is 4.88 Å². The van der Waals surface area contributed by atoms with Gasteiger partial charge in [0.1, 0.15) is 12.7 Å². The fraction of sp³-hybridized carbons (Fsp3) is 0.100. The van der Waals surface area contributed by atoms with E-state index in [1.165, 1.54) is 28.4 Å². The molecule has 96 valence electrons. The Morgan fingerprint density at radius 1 is 1.53 bits per heavy atom. The van der Waals surface area contributed by atoms with Crippen LogP contribution in [0.3, 0.4) is 0 Å². The summed E-state index contributed by atoms with van der Waals surface area (Å²) in [4.78, 5) is 18.7. The molecule has 0 N–H and O–H groups in total. The predicted molar refractivity (Wildman–Crippen MR) is 65.6 cm³/mol. The molecule has 9 heteroatoms. The zero-order valence-electron chi connectivity index (χ0n) is 9.46. The highest BCUT2D eigenvalue weighted by atomic mass is 32.1. The monoisotopic (exact) mass is 277 g/mol. The van der Waals surface area contributed by atoms with Crippen LogP contribution in [-0.2, 0) is 6.54 Å². The second kappa shape index (κ2) is 4.61. The van der Waals surface area contributed by atoms with E-state index in [-0.39, 0.29) is 12.4 Å². The average molecular weight is 277 g/mol. The molecule has 0 fully saturated rings. The minimum Gasteiger partial charge on any atom is -0.358 e. The number of aromatic nitrogens is 4. The number of imidazole rings is 1. The summed E-state index contributed by atoms with van der Waals surface area (Å²) < 4.78 is 6.61. The highest BCUT2D eigenvalue weighted by molar-refractivity contribution is 7.13. The Balaban J connectivity index is 1.78. The topological polar surface area (TPSA) is 99.9 Å². The maximum Gasteiger partial charge on any atom is 0.381 e. The van der Waals surface area contributed by atoms with E-state index >= 15 is 0 Å². The number of hydrogen-bond donors (Lipinski definition) is 0. The van der Waals surface area contributed by atoms with Crippen molar-refractivity contribution in [2.75, 3.05) is 0 Å². The van der Waals surface area contributed by atoms with E-state index in [0.29, 0.717) is 11.7 Å². The Kier molecular flexibility index (Phi) is 2.80. The molecule has 3 rings (SSSR count). The highest BCUT2D eigenvalue weighted by Crippen LogP contribution is 2.21. The second-order valence-electron chi connectivity index (χ2n) is 3.65. The van der Waals surface area contributed by atoms with Crippen LogP contribution >= 0.6 is 11.3 Å². The Labute approximate surface area is 110 Å². The molecular formula is C10H7N5O3S. The Morgan fingerprint density at radius 2 is 2.42 bits per heavy atom. The van der Waals surface area contributed by atoms with Crippen molar-refractivity contribution >= 4 is 17.2 Å². The summed E-state index contributed by atoms with van der Waals surface area (Å²) in [7, 11) is 0. The third-order valence-corrected chi connectivity index (χ3v) is 3.20. The molecule has 3 aromatic heterocycles. The van der Waals surface area contributed by atoms with Gasteiger partial charge in [-0.3, -0.25) is 0 Å². The fourth-order valence-corrected chi connectivity index (χ4v) is 2.16. The molecule has 0 atom stereocenters. The number of nitro groups is 1. The van der Waals surface area contributed by atoms with Gasteiger partial charge in [0.2, 0.25) is 18.0 Å². The smallest absolute Gasteiger partial charge is 0.358 e. The quantitative estimate of drug-likeness (QED) is 0.533. The second-order valence-corrected chi connectivity index (χ2v) is 4.60. The van der Waals surface area contributed by atoms with Crippen LogP contribution in [0.25, 0.3) is 10.7 Å². The minimum absolute atomic E-state index is 0.210. The lowest BCUT2D eigenvalue weighted by Crippen LogP contribution is -1.96. The van der Waals surface area contributed by atoms with Gasteiger partial charge in [-0.05, 0) is 21.4 Å². The van der Waals surface area contributed by atoms with Crippen molar-refractivity contribution in [1.82, 2.24) is 19.7 Å². The maximum absolute atomic E-state index is 10.5. The maximum atomic E-state index is 10.5. The van der Waals surface area contributed by atoms with Gasteiger partial charge in [0.25, 0.3) is 0 Å². The molecule has 0 aliphatic carbocycles. The molecule has 0 aromatic carbocycles. The van der Waals surface area contributed by atoms with Crippen molar-refractivity contribution in [2.45, 2.75) is 6.54 Å². The van der Waals surface area contributed by atoms with Crippen molar-refractivity contribution < 1.29 is 9.45 Å². The largest absolute Gasteiger partial charge is 0.381 e. The van der Waals surface area contributed by atoms with E-state index < -0.39 is 4.92 Å². The lowest BCUT2D eigenvalue weighted by molar-refractivity contribution is -0.389. The Hall–Kier alpha value is -2.55. The van der Waals surface area contributed by atoms with E-state index in [0.717, 1.165) is 4.88 Å². The van der Waals surface area contributed by atoms with Gasteiger partial charge in [-0.1, -0.05) is 11.2 Å². The SMILES string of the molecule is O=[N+]([O-])c1cn(Cc2nc(-c3cccs3)no2)cn1. The first-order valence-corrected chi connectivity index (χ1v) is 6.13. The standard InChI is InChI=1S/C10H7N5O3S/c16-15(17)8-4-14(6-11-8)5-9-12-10(13-18-9)7-2-1-3-19-7/h1-4,6H,5H2. The van der Waals surface area contributed by atoms with Crippen LogP contribution in [0.5, 0.6) is 0 Å². The molecule has 0 aliphatic rings. The van der Waals surface area contributed by atoms with E-state index in [1.54, 1.807) is 0 Å². The van der Waals surface area contributed by atoms with Crippen LogP contribution in [0.2, 0.25) is 0 Å². The summed E-state index contributed by atoms with van der Waals surface area (Å²) in [5.74, 6) is 0.674. The van der Waals surface area contributed by atoms with Crippen molar-refractivity contribution in [3.8, 4) is 10.7 Å². The van der Waals surface area contributed by atoms with E-state index in [2.05, 4.69) is 15.1 Å². The average Bonchev–Trinajstić information content (AvgIpc) is 3.09. The zero-order chi connectivity index (χ0) is 13.2. The van der Waals surface area contributed by atoms with Crippen molar-refractivity contribution in [3.05, 3.63) is 46.0 Å². The van der Waals surface area contributed by atoms with Crippen LogP contribution in [0.1, 0.15) is 5.89 Å². The van der Waals surface area contributed by atoms with Crippen molar-refractivity contribution in [1.29, 1.82) is 0 Å². The van der Waals surface area contributed by atoms with E-state index in [4.69, 9.17) is 4.52 Å². The van der Waals surface area contributed by atoms with Crippen LogP contribution in [0.15, 0.2) is 34.6 Å². The number of nitrogens with zero attached hydrogens (tertiary/aromatic N) is 5. The van der Waals surface area contributed by atoms with Gasteiger partial charge >= 0.3 is 5.82 Å². The molecule has 3 heterocycles. The van der Waals surface area contributed by atoms with E-state index in [9.17, 15) is 10.1 Å². The molecule has 8 nitrogen and oxygen atoms in total. The first-order valence-electron chi connectivity index (χ1n) is 5.25. The molecule has 0 aliphatic heterocycles. The first kappa shape index (κ1) is 11.5. The van der Waals surface area contributed by atoms with Gasteiger partial charge in [-0.15, -0.1) is 11.3 Å². The summed E-state index contributed by atoms with van der Waals surface area (Å²) >= 11 is 1.51. The predicted octanol–water partition coefficient (Wildman–Crippen LogP) is 1.95. The summed E-state index contributed by atoms with van der Waals surface area (Å²) in [5, 5.41) is 16.3. The molecule has 0 saturated heterocycles. The van der Waals surface area contributed by atoms with Gasteiger partial charge in [-0.2, -0.15) is 4.98 Å². The van der Waals surface area contributed by atoms with Crippen molar-refractivity contribution in [2.24, 2.45) is 0 Å². The summed E-state index contributed by atoms with van der Waals surface area (Å²) in [5.41, 5.74) is 0. The molecular weight excluding hydrogens is 270 g/mol. The lowest BCUT2D eigenvalue weighted by atomic mass is 10.4. The summed E-state index contributed by atoms with van der Waals surface area (Å²) in [6.45, 7) is 0.249. The minimum atomic E-state index is -0.554. The normalized spacial score (nSPS) is 10.7. The summed E-state index contributed by atoms with van der Waals surface area (Å²) in [6, 6.07) is 3.79. The number of hydrogen-bond acceptors (Lipinski definition) is 7. The highest BCUT2D eigenvalue weighted by Gasteiger charge is 2.13. The molecule has 0 saturated carbocycles. The Bertz CT molecular complexity index is 702. The van der Waals surface area contributed by atoms with Gasteiger partial charge in [0.15, 0.2) is 0 Å². The number of rotatable bonds is 4. The lowest BCUT2D eigenvalue weighted by Gasteiger charge is -1.92. The van der Waals surface area contributed by atoms with Crippen LogP contribution in [-0.4, -0.2) is 24.6 Å². The third kappa shape index (κ3) is 2.36.